The molecule has 150 heavy (non-hydrogen) atoms. The molecule has 7 aliphatic rings. The topological polar surface area (TPSA) is 365 Å². The lowest BCUT2D eigenvalue weighted by Gasteiger charge is -2.43. The molecule has 0 saturated heterocycles. The van der Waals surface area contributed by atoms with Crippen molar-refractivity contribution in [3.8, 4) is 0 Å². The normalized spacial score (nSPS) is 20.5. The van der Waals surface area contributed by atoms with Gasteiger partial charge >= 0.3 is 0 Å². The number of aryl methyl sites for hydroxylation is 2. The third-order valence-corrected chi connectivity index (χ3v) is 34.2. The molecule has 0 spiro atoms. The Hall–Kier alpha value is -13.2. The minimum atomic E-state index is 0.0558. The van der Waals surface area contributed by atoms with Crippen LogP contribution < -0.4 is 45.9 Å². The fourth-order valence-corrected chi connectivity index (χ4v) is 25.4. The highest BCUT2D eigenvalue weighted by atomic mass is 16.2. The zero-order valence-electron chi connectivity index (χ0n) is 90.9. The molecular weight excluding hydrogens is 1850 g/mol. The van der Waals surface area contributed by atoms with Crippen molar-refractivity contribution >= 4 is 102 Å². The van der Waals surface area contributed by atoms with E-state index in [4.69, 9.17) is 45.9 Å². The number of guanidine groups is 4. The summed E-state index contributed by atoms with van der Waals surface area (Å²) < 4.78 is 0. The van der Waals surface area contributed by atoms with Crippen LogP contribution in [0.15, 0.2) is 245 Å². The first-order valence-corrected chi connectivity index (χ1v) is 55.8. The van der Waals surface area contributed by atoms with Gasteiger partial charge < -0.3 is 65.5 Å². The molecule has 8 unspecified atom stereocenters. The summed E-state index contributed by atoms with van der Waals surface area (Å²) >= 11 is 0. The van der Waals surface area contributed by atoms with Crippen molar-refractivity contribution in [1.29, 1.82) is 0 Å². The average Bonchev–Trinajstić information content (AvgIpc) is 0.747. The molecule has 0 bridgehead atoms. The fourth-order valence-electron chi connectivity index (χ4n) is 25.4. The zero-order chi connectivity index (χ0) is 106. The van der Waals surface area contributed by atoms with Gasteiger partial charge in [0.15, 0.2) is 23.8 Å². The van der Waals surface area contributed by atoms with E-state index in [-0.39, 0.29) is 69.1 Å². The van der Waals surface area contributed by atoms with Crippen LogP contribution in [0.2, 0.25) is 0 Å². The van der Waals surface area contributed by atoms with Crippen LogP contribution in [0.3, 0.4) is 0 Å². The van der Waals surface area contributed by atoms with Crippen LogP contribution in [-0.2, 0) is 52.6 Å². The molecule has 8 atom stereocenters. The summed E-state index contributed by atoms with van der Waals surface area (Å²) in [6, 6.07) is 72.7. The van der Waals surface area contributed by atoms with E-state index in [0.717, 1.165) is 198 Å². The first-order chi connectivity index (χ1) is 72.0. The predicted octanol–water partition coefficient (Wildman–Crippen LogP) is 23.8. The number of rotatable bonds is 28. The van der Waals surface area contributed by atoms with Gasteiger partial charge in [-0.25, -0.2) is 0 Å². The molecule has 2 heterocycles. The maximum atomic E-state index is 14.4. The predicted molar refractivity (Wildman–Crippen MR) is 619 cm³/mol. The second kappa shape index (κ2) is 49.7. The first-order valence-electron chi connectivity index (χ1n) is 55.8. The summed E-state index contributed by atoms with van der Waals surface area (Å²) in [5, 5.41) is 8.56. The van der Waals surface area contributed by atoms with Crippen LogP contribution in [0.4, 0.5) is 0 Å². The molecule has 0 aliphatic heterocycles. The maximum absolute atomic E-state index is 14.4. The molecule has 10 aromatic carbocycles. The fraction of sp³-hybridized carbons (Fsp3) is 0.469. The van der Waals surface area contributed by atoms with Crippen LogP contribution >= 0.6 is 0 Å². The van der Waals surface area contributed by atoms with Gasteiger partial charge in [-0.1, -0.05) is 264 Å². The van der Waals surface area contributed by atoms with E-state index in [2.05, 4.69) is 200 Å². The minimum absolute atomic E-state index is 0.0558. The molecular formula is C128H166N18O4. The maximum Gasteiger partial charge on any atom is 0.254 e. The summed E-state index contributed by atoms with van der Waals surface area (Å²) in [5.41, 5.74) is 62.8. The van der Waals surface area contributed by atoms with Crippen molar-refractivity contribution in [2.75, 3.05) is 52.4 Å². The Kier molecular flexibility index (Phi) is 36.3. The van der Waals surface area contributed by atoms with Gasteiger partial charge in [-0.3, -0.25) is 49.1 Å². The SMILES string of the molecule is Cc1cc2c(cc1CN(CC1CCCC(CN=C(N)N)C1)C(=O)C1CCCCC1)C(C)(C)CCC2(C)C.Cc1cc2c(cc1CN(CC1CCCC(CN=C(N)N)C1)C(=O)c1cccc3ccccc13)C(C)(C)CCC2(C)C.NC(N)=NCC1CCCC(CN(Cc2cnc3ccccc3c2)C(=O)c2ccc3ccccc3c2)C1.NC(N)=NCC1CCCC(CN(Cc2cnc3ccccc3c2)C(=O)c2cccc3ccccc23)C1. The average molecular weight is 2020 g/mol. The van der Waals surface area contributed by atoms with Crippen molar-refractivity contribution in [3.63, 3.8) is 0 Å². The van der Waals surface area contributed by atoms with Crippen LogP contribution in [0.5, 0.6) is 0 Å². The van der Waals surface area contributed by atoms with Gasteiger partial charge in [-0.05, 0) is 335 Å². The van der Waals surface area contributed by atoms with E-state index >= 15 is 0 Å². The molecule has 4 amide bonds. The van der Waals surface area contributed by atoms with Gasteiger partial charge in [0.1, 0.15) is 0 Å². The van der Waals surface area contributed by atoms with E-state index < -0.39 is 0 Å². The number of fused-ring (bicyclic) bond motifs is 7. The monoisotopic (exact) mass is 2020 g/mol. The number of aromatic nitrogens is 2. The van der Waals surface area contributed by atoms with Crippen LogP contribution in [0.25, 0.3) is 54.1 Å². The number of pyridine rings is 2. The first kappa shape index (κ1) is 109. The molecule has 22 heteroatoms. The third-order valence-electron chi connectivity index (χ3n) is 34.2. The van der Waals surface area contributed by atoms with Crippen LogP contribution in [0, 0.1) is 67.1 Å². The highest BCUT2D eigenvalue weighted by Gasteiger charge is 2.42. The minimum Gasteiger partial charge on any atom is -0.370 e. The van der Waals surface area contributed by atoms with E-state index in [1.165, 1.54) is 109 Å². The Morgan fingerprint density at radius 3 is 1.02 bits per heavy atom. The van der Waals surface area contributed by atoms with Crippen LogP contribution in [0.1, 0.15) is 303 Å². The number of benzene rings is 10. The molecule has 16 N–H and O–H groups in total. The lowest BCUT2D eigenvalue weighted by Crippen LogP contribution is -2.41. The molecule has 7 aliphatic carbocycles. The molecule has 5 fully saturated rings. The number of amides is 4. The van der Waals surface area contributed by atoms with E-state index in [0.29, 0.717) is 112 Å². The summed E-state index contributed by atoms with van der Waals surface area (Å²) in [5.74, 6) is 5.10. The third kappa shape index (κ3) is 28.5. The number of hydrogen-bond donors (Lipinski definition) is 8. The number of para-hydroxylation sites is 2. The summed E-state index contributed by atoms with van der Waals surface area (Å²) in [6.45, 7) is 31.6. The Bertz CT molecular complexity index is 6820. The van der Waals surface area contributed by atoms with Crippen molar-refractivity contribution in [3.05, 3.63) is 297 Å². The quantitative estimate of drug-likeness (QED) is 0.0167. The van der Waals surface area contributed by atoms with Gasteiger partial charge in [0.05, 0.1) is 11.0 Å². The second-order valence-electron chi connectivity index (χ2n) is 47.6. The van der Waals surface area contributed by atoms with E-state index in [9.17, 15) is 19.2 Å². The van der Waals surface area contributed by atoms with Gasteiger partial charge in [0.2, 0.25) is 5.91 Å². The molecule has 0 radical (unpaired) electrons. The van der Waals surface area contributed by atoms with Gasteiger partial charge in [0, 0.05) is 124 Å². The number of nitrogens with two attached hydrogens (primary N) is 8. The summed E-state index contributed by atoms with van der Waals surface area (Å²) in [6.07, 6.45) is 32.2. The van der Waals surface area contributed by atoms with Gasteiger partial charge in [-0.15, -0.1) is 0 Å². The molecule has 12 aromatic rings. The number of carbonyl (C=O) groups is 4. The molecule has 22 nitrogen and oxygen atoms in total. The van der Waals surface area contributed by atoms with Crippen molar-refractivity contribution in [2.24, 2.45) is 119 Å². The molecule has 5 saturated carbocycles. The lowest BCUT2D eigenvalue weighted by atomic mass is 9.62. The van der Waals surface area contributed by atoms with Gasteiger partial charge in [-0.2, -0.15) is 0 Å². The summed E-state index contributed by atoms with van der Waals surface area (Å²) in [7, 11) is 0. The Balaban J connectivity index is 0.000000143. The Morgan fingerprint density at radius 1 is 0.307 bits per heavy atom. The highest BCUT2D eigenvalue weighted by Crippen LogP contribution is 2.50. The molecule has 792 valence electrons. The standard InChI is InChI=1S/C36H48N4O.C32H52N4O.2C30H33N5O/c1-24-18-31-32(36(4,5)17-16-35(31,2)3)20-28(24)23-40(22-26-11-8-10-25(19-26)21-39-34(37)38)33(41)30-15-9-13-27-12-6-7-14-29(27)30;1-22-16-27-28(32(4,5)15-14-31(27,2)3)18-26(22)21-36(29(37)25-12-7-6-8-13-25)20-24-11-9-10-23(17-24)19-35-30(33)34;31-30(32)34-17-21-7-5-8-22(15-21)19-35(20-23-16-25-10-2-4-14-28(25)33-18-23)29(36)27-13-6-11-24-9-1-3-12-26(24)27;31-30(32)34-17-21-6-5-7-22(14-21)19-35(20-23-15-26-10-3-4-11-28(26)33-18-23)29(36)27-13-12-24-8-1-2-9-25(24)16-27/h6-7,9,12-15,18,20,25-26H,8,10-11,16-17,19,21-23H2,1-5H3,(H4,37,38,39);16,18,23-25H,6-15,17,19-21H2,1-5H3,(H4,33,34,35);1-4,6,9-14,16,18,21-22H,5,7-8,15,17,19-20H2,(H4,31,32,34);1-4,8-13,15-16,18,21-22H,5-7,14,17,19-20H2,(H4,31,32,34). The largest absolute Gasteiger partial charge is 0.370 e. The van der Waals surface area contributed by atoms with Gasteiger partial charge in [0.25, 0.3) is 17.7 Å². The van der Waals surface area contributed by atoms with Crippen molar-refractivity contribution < 1.29 is 19.2 Å². The van der Waals surface area contributed by atoms with E-state index in [1.54, 1.807) is 0 Å². The van der Waals surface area contributed by atoms with Crippen molar-refractivity contribution in [2.45, 2.75) is 278 Å². The summed E-state index contributed by atoms with van der Waals surface area (Å²) in [4.78, 5) is 91.1. The number of hydrogen-bond acceptors (Lipinski definition) is 10. The van der Waals surface area contributed by atoms with Crippen LogP contribution in [-0.4, -0.2) is 129 Å². The number of aliphatic imine (C=N–C) groups is 4. The highest BCUT2D eigenvalue weighted by molar-refractivity contribution is 6.08. The lowest BCUT2D eigenvalue weighted by molar-refractivity contribution is -0.138. The van der Waals surface area contributed by atoms with Crippen molar-refractivity contribution in [1.82, 2.24) is 29.6 Å². The Labute approximate surface area is 890 Å². The zero-order valence-corrected chi connectivity index (χ0v) is 90.9. The van der Waals surface area contributed by atoms with E-state index in [1.807, 2.05) is 144 Å². The molecule has 19 rings (SSSR count). The smallest absolute Gasteiger partial charge is 0.254 e. The Morgan fingerprint density at radius 2 is 0.627 bits per heavy atom. The number of carbonyl (C=O) groups excluding carboxylic acids is 4. The molecule has 2 aromatic heterocycles. The number of nitrogens with zero attached hydrogens (tertiary/aromatic N) is 10. The second-order valence-corrected chi connectivity index (χ2v) is 47.6.